The summed E-state index contributed by atoms with van der Waals surface area (Å²) in [4.78, 5) is 12.0. The molecule has 0 aliphatic heterocycles. The van der Waals surface area contributed by atoms with Gasteiger partial charge in [0.05, 0.1) is 17.1 Å². The fourth-order valence-electron chi connectivity index (χ4n) is 3.71. The Kier molecular flexibility index (Phi) is 4.13. The number of nitrogens with zero attached hydrogens (tertiary/aromatic N) is 2. The van der Waals surface area contributed by atoms with Crippen molar-refractivity contribution in [3.05, 3.63) is 82.9 Å². The van der Waals surface area contributed by atoms with Crippen LogP contribution in [0.4, 0.5) is 0 Å². The summed E-state index contributed by atoms with van der Waals surface area (Å²) in [5, 5.41) is 11.1. The zero-order valence-corrected chi connectivity index (χ0v) is 15.1. The molecule has 2 N–H and O–H groups in total. The fraction of sp³-hybridized carbons (Fsp3) is 0.130. The predicted molar refractivity (Wildman–Crippen MR) is 108 cm³/mol. The van der Waals surface area contributed by atoms with Crippen LogP contribution in [0.25, 0.3) is 21.8 Å². The number of aromatic nitrogens is 1. The summed E-state index contributed by atoms with van der Waals surface area (Å²) < 4.78 is 2.20. The molecule has 0 aliphatic carbocycles. The standard InChI is InChI=1S/C23H19N3O/c1-2-15-9-10-18-21(12-15)26(14-17-6-3-5-16(11-17)13-24)20-8-4-7-19(22(18)20)23(25)27/h3-12H,2,14H2,1H3,(H2,25,27). The van der Waals surface area contributed by atoms with Crippen LogP contribution in [0.3, 0.4) is 0 Å². The minimum absolute atomic E-state index is 0.425. The van der Waals surface area contributed by atoms with Crippen molar-refractivity contribution in [1.29, 1.82) is 5.26 Å². The second-order valence-electron chi connectivity index (χ2n) is 6.67. The highest BCUT2D eigenvalue weighted by molar-refractivity contribution is 6.17. The summed E-state index contributed by atoms with van der Waals surface area (Å²) in [5.74, 6) is -0.425. The number of fused-ring (bicyclic) bond motifs is 3. The minimum atomic E-state index is -0.425. The van der Waals surface area contributed by atoms with E-state index in [1.54, 1.807) is 12.1 Å². The number of carbonyl (C=O) groups is 1. The summed E-state index contributed by atoms with van der Waals surface area (Å²) in [6.07, 6.45) is 0.935. The molecule has 0 fully saturated rings. The van der Waals surface area contributed by atoms with Gasteiger partial charge in [0.2, 0.25) is 5.91 Å². The normalized spacial score (nSPS) is 11.0. The minimum Gasteiger partial charge on any atom is -0.366 e. The molecule has 0 spiro atoms. The second kappa shape index (κ2) is 6.62. The third-order valence-electron chi connectivity index (χ3n) is 5.03. The Bertz CT molecular complexity index is 1230. The zero-order chi connectivity index (χ0) is 19.0. The Labute approximate surface area is 157 Å². The molecule has 1 amide bonds. The van der Waals surface area contributed by atoms with Crippen LogP contribution < -0.4 is 5.73 Å². The molecule has 0 aliphatic rings. The van der Waals surface area contributed by atoms with Crippen molar-refractivity contribution < 1.29 is 4.79 Å². The average Bonchev–Trinajstić information content (AvgIpc) is 3.01. The van der Waals surface area contributed by atoms with Gasteiger partial charge < -0.3 is 10.3 Å². The van der Waals surface area contributed by atoms with Crippen molar-refractivity contribution in [2.45, 2.75) is 19.9 Å². The number of nitrogens with two attached hydrogens (primary N) is 1. The average molecular weight is 353 g/mol. The molecule has 4 aromatic rings. The first-order valence-electron chi connectivity index (χ1n) is 8.95. The first kappa shape index (κ1) is 16.9. The number of hydrogen-bond acceptors (Lipinski definition) is 2. The van der Waals surface area contributed by atoms with Gasteiger partial charge in [-0.3, -0.25) is 4.79 Å². The maximum absolute atomic E-state index is 12.0. The Morgan fingerprint density at radius 1 is 1.04 bits per heavy atom. The van der Waals surface area contributed by atoms with Crippen LogP contribution in [0, 0.1) is 11.3 Å². The van der Waals surface area contributed by atoms with Gasteiger partial charge in [-0.2, -0.15) is 5.26 Å². The number of aryl methyl sites for hydroxylation is 1. The number of benzene rings is 3. The molecule has 1 heterocycles. The SMILES string of the molecule is CCc1ccc2c3c(C(N)=O)cccc3n(Cc3cccc(C#N)c3)c2c1. The third-order valence-corrected chi connectivity index (χ3v) is 5.03. The van der Waals surface area contributed by atoms with Gasteiger partial charge in [-0.1, -0.05) is 37.3 Å². The molecule has 0 saturated heterocycles. The number of primary amides is 1. The molecule has 4 heteroatoms. The molecule has 132 valence electrons. The molecule has 27 heavy (non-hydrogen) atoms. The quantitative estimate of drug-likeness (QED) is 0.591. The van der Waals surface area contributed by atoms with E-state index >= 15 is 0 Å². The van der Waals surface area contributed by atoms with E-state index in [9.17, 15) is 10.1 Å². The number of nitriles is 1. The Morgan fingerprint density at radius 2 is 1.85 bits per heavy atom. The van der Waals surface area contributed by atoms with Crippen molar-refractivity contribution in [2.75, 3.05) is 0 Å². The lowest BCUT2D eigenvalue weighted by Gasteiger charge is -2.09. The van der Waals surface area contributed by atoms with Crippen molar-refractivity contribution in [2.24, 2.45) is 5.73 Å². The maximum atomic E-state index is 12.0. The molecule has 4 nitrogen and oxygen atoms in total. The lowest BCUT2D eigenvalue weighted by Crippen LogP contribution is -2.11. The monoisotopic (exact) mass is 353 g/mol. The van der Waals surface area contributed by atoms with Crippen LogP contribution in [0.2, 0.25) is 0 Å². The second-order valence-corrected chi connectivity index (χ2v) is 6.67. The molecular formula is C23H19N3O. The molecule has 0 bridgehead atoms. The van der Waals surface area contributed by atoms with Gasteiger partial charge in [0, 0.05) is 28.4 Å². The van der Waals surface area contributed by atoms with Gasteiger partial charge in [0.25, 0.3) is 0 Å². The molecular weight excluding hydrogens is 334 g/mol. The highest BCUT2D eigenvalue weighted by atomic mass is 16.1. The van der Waals surface area contributed by atoms with Gasteiger partial charge in [-0.15, -0.1) is 0 Å². The van der Waals surface area contributed by atoms with Gasteiger partial charge >= 0.3 is 0 Å². The first-order valence-corrected chi connectivity index (χ1v) is 8.95. The van der Waals surface area contributed by atoms with Crippen LogP contribution in [0.1, 0.15) is 34.0 Å². The lowest BCUT2D eigenvalue weighted by molar-refractivity contribution is 0.100. The van der Waals surface area contributed by atoms with Crippen molar-refractivity contribution >= 4 is 27.7 Å². The van der Waals surface area contributed by atoms with E-state index < -0.39 is 5.91 Å². The molecule has 3 aromatic carbocycles. The van der Waals surface area contributed by atoms with Crippen LogP contribution >= 0.6 is 0 Å². The summed E-state index contributed by atoms with van der Waals surface area (Å²) in [5.41, 5.74) is 11.1. The van der Waals surface area contributed by atoms with Gasteiger partial charge in [0.1, 0.15) is 0 Å². The van der Waals surface area contributed by atoms with Crippen LogP contribution in [0.15, 0.2) is 60.7 Å². The van der Waals surface area contributed by atoms with E-state index in [2.05, 4.69) is 35.8 Å². The van der Waals surface area contributed by atoms with Gasteiger partial charge in [-0.25, -0.2) is 0 Å². The molecule has 0 saturated carbocycles. The number of amides is 1. The van der Waals surface area contributed by atoms with E-state index in [1.807, 2.05) is 30.3 Å². The fourth-order valence-corrected chi connectivity index (χ4v) is 3.71. The Balaban J connectivity index is 2.03. The first-order chi connectivity index (χ1) is 13.1. The van der Waals surface area contributed by atoms with Crippen molar-refractivity contribution in [3.8, 4) is 6.07 Å². The maximum Gasteiger partial charge on any atom is 0.249 e. The Hall–Kier alpha value is -3.58. The number of carbonyl (C=O) groups excluding carboxylic acids is 1. The lowest BCUT2D eigenvalue weighted by atomic mass is 10.0. The molecule has 0 atom stereocenters. The smallest absolute Gasteiger partial charge is 0.249 e. The summed E-state index contributed by atoms with van der Waals surface area (Å²) in [6.45, 7) is 2.74. The van der Waals surface area contributed by atoms with Gasteiger partial charge in [-0.05, 0) is 47.9 Å². The molecule has 4 rings (SSSR count). The van der Waals surface area contributed by atoms with Crippen LogP contribution in [0.5, 0.6) is 0 Å². The number of hydrogen-bond donors (Lipinski definition) is 1. The Morgan fingerprint density at radius 3 is 2.59 bits per heavy atom. The highest BCUT2D eigenvalue weighted by Crippen LogP contribution is 2.33. The predicted octanol–water partition coefficient (Wildman–Crippen LogP) is 4.38. The zero-order valence-electron chi connectivity index (χ0n) is 15.1. The van der Waals surface area contributed by atoms with E-state index in [0.717, 1.165) is 33.8 Å². The van der Waals surface area contributed by atoms with E-state index in [-0.39, 0.29) is 0 Å². The van der Waals surface area contributed by atoms with Gasteiger partial charge in [0.15, 0.2) is 0 Å². The molecule has 0 unspecified atom stereocenters. The number of rotatable bonds is 4. The largest absolute Gasteiger partial charge is 0.366 e. The topological polar surface area (TPSA) is 71.8 Å². The van der Waals surface area contributed by atoms with Crippen molar-refractivity contribution in [1.82, 2.24) is 4.57 Å². The van der Waals surface area contributed by atoms with E-state index in [1.165, 1.54) is 5.56 Å². The third kappa shape index (κ3) is 2.84. The summed E-state index contributed by atoms with van der Waals surface area (Å²) in [7, 11) is 0. The summed E-state index contributed by atoms with van der Waals surface area (Å²) in [6, 6.07) is 21.8. The molecule has 1 aromatic heterocycles. The van der Waals surface area contributed by atoms with Crippen molar-refractivity contribution in [3.63, 3.8) is 0 Å². The summed E-state index contributed by atoms with van der Waals surface area (Å²) >= 11 is 0. The molecule has 0 radical (unpaired) electrons. The van der Waals surface area contributed by atoms with Crippen LogP contribution in [-0.4, -0.2) is 10.5 Å². The highest BCUT2D eigenvalue weighted by Gasteiger charge is 2.16. The van der Waals surface area contributed by atoms with E-state index in [0.29, 0.717) is 17.7 Å². The van der Waals surface area contributed by atoms with E-state index in [4.69, 9.17) is 5.73 Å². The van der Waals surface area contributed by atoms with Crippen LogP contribution in [-0.2, 0) is 13.0 Å².